The summed E-state index contributed by atoms with van der Waals surface area (Å²) in [5, 5.41) is 2.73. The predicted molar refractivity (Wildman–Crippen MR) is 112 cm³/mol. The van der Waals surface area contributed by atoms with E-state index in [1.54, 1.807) is 17.0 Å². The van der Waals surface area contributed by atoms with Crippen molar-refractivity contribution in [3.05, 3.63) is 60.2 Å². The molecule has 0 spiro atoms. The highest BCUT2D eigenvalue weighted by molar-refractivity contribution is 5.86. The minimum Gasteiger partial charge on any atom is -0.444 e. The molecule has 2 amide bonds. The van der Waals surface area contributed by atoms with Crippen LogP contribution in [0.4, 0.5) is 15.3 Å². The van der Waals surface area contributed by atoms with Gasteiger partial charge in [-0.05, 0) is 69.4 Å². The zero-order valence-electron chi connectivity index (χ0n) is 17.2. The zero-order valence-corrected chi connectivity index (χ0v) is 17.2. The highest BCUT2D eigenvalue weighted by Gasteiger charge is 2.27. The first-order valence-electron chi connectivity index (χ1n) is 9.92. The van der Waals surface area contributed by atoms with Crippen molar-refractivity contribution >= 4 is 17.9 Å². The van der Waals surface area contributed by atoms with Gasteiger partial charge < -0.3 is 14.4 Å². The number of ether oxygens (including phenoxy) is 2. The van der Waals surface area contributed by atoms with E-state index in [1.807, 2.05) is 63.2 Å². The molecule has 0 radical (unpaired) electrons. The summed E-state index contributed by atoms with van der Waals surface area (Å²) in [6, 6.07) is 16.7. The lowest BCUT2D eigenvalue weighted by molar-refractivity contribution is 0.0205. The second kappa shape index (κ2) is 8.99. The van der Waals surface area contributed by atoms with Crippen molar-refractivity contribution in [1.82, 2.24) is 4.90 Å². The van der Waals surface area contributed by atoms with Crippen LogP contribution in [0, 0.1) is 0 Å². The molecule has 1 fully saturated rings. The second-order valence-corrected chi connectivity index (χ2v) is 8.19. The standard InChI is InChI=1S/C23H28N2O4/c1-23(2,3)29-22(27)25-15-13-18(14-16-25)17-9-11-19(12-10-17)24-21(26)28-20-7-5-4-6-8-20/h4-12,18H,13-16H2,1-3H3,(H,24,26). The van der Waals surface area contributed by atoms with Crippen LogP contribution in [0.1, 0.15) is 45.1 Å². The number of anilines is 1. The molecule has 0 bridgehead atoms. The molecule has 1 N–H and O–H groups in total. The molecule has 0 aliphatic carbocycles. The summed E-state index contributed by atoms with van der Waals surface area (Å²) >= 11 is 0. The lowest BCUT2D eigenvalue weighted by Gasteiger charge is -2.33. The van der Waals surface area contributed by atoms with Gasteiger partial charge in [0.1, 0.15) is 11.4 Å². The number of rotatable bonds is 3. The Morgan fingerprint density at radius 1 is 0.966 bits per heavy atom. The molecule has 6 heteroatoms. The van der Waals surface area contributed by atoms with Gasteiger partial charge in [0.2, 0.25) is 0 Å². The van der Waals surface area contributed by atoms with Crippen LogP contribution in [0.5, 0.6) is 5.75 Å². The Kier molecular flexibility index (Phi) is 6.42. The largest absolute Gasteiger partial charge is 0.444 e. The molecule has 6 nitrogen and oxygen atoms in total. The maximum Gasteiger partial charge on any atom is 0.417 e. The van der Waals surface area contributed by atoms with Gasteiger partial charge in [-0.1, -0.05) is 30.3 Å². The molecule has 1 aliphatic rings. The van der Waals surface area contributed by atoms with Crippen LogP contribution in [-0.4, -0.2) is 35.8 Å². The molecular weight excluding hydrogens is 368 g/mol. The van der Waals surface area contributed by atoms with Crippen LogP contribution in [0.3, 0.4) is 0 Å². The summed E-state index contributed by atoms with van der Waals surface area (Å²) in [5.74, 6) is 0.886. The van der Waals surface area contributed by atoms with Crippen molar-refractivity contribution in [2.24, 2.45) is 0 Å². The molecule has 0 atom stereocenters. The number of nitrogens with one attached hydrogen (secondary N) is 1. The fourth-order valence-electron chi connectivity index (χ4n) is 3.30. The zero-order chi connectivity index (χ0) is 20.9. The van der Waals surface area contributed by atoms with E-state index < -0.39 is 11.7 Å². The molecule has 1 aliphatic heterocycles. The van der Waals surface area contributed by atoms with Crippen LogP contribution in [0.15, 0.2) is 54.6 Å². The fraction of sp³-hybridized carbons (Fsp3) is 0.391. The Hall–Kier alpha value is -3.02. The Morgan fingerprint density at radius 3 is 2.17 bits per heavy atom. The SMILES string of the molecule is CC(C)(C)OC(=O)N1CCC(c2ccc(NC(=O)Oc3ccccc3)cc2)CC1. The first-order chi connectivity index (χ1) is 13.8. The molecule has 29 heavy (non-hydrogen) atoms. The maximum absolute atomic E-state index is 12.2. The number of para-hydroxylation sites is 1. The molecule has 154 valence electrons. The third-order valence-corrected chi connectivity index (χ3v) is 4.73. The smallest absolute Gasteiger partial charge is 0.417 e. The molecule has 0 saturated carbocycles. The highest BCUT2D eigenvalue weighted by atomic mass is 16.6. The van der Waals surface area contributed by atoms with E-state index in [9.17, 15) is 9.59 Å². The number of carbonyl (C=O) groups excluding carboxylic acids is 2. The first kappa shape index (κ1) is 20.7. The number of likely N-dealkylation sites (tertiary alicyclic amines) is 1. The highest BCUT2D eigenvalue weighted by Crippen LogP contribution is 2.29. The normalized spacial score (nSPS) is 14.9. The van der Waals surface area contributed by atoms with Gasteiger partial charge in [0.25, 0.3) is 0 Å². The number of hydrogen-bond donors (Lipinski definition) is 1. The Balaban J connectivity index is 1.49. The Morgan fingerprint density at radius 2 is 1.59 bits per heavy atom. The monoisotopic (exact) mass is 396 g/mol. The van der Waals surface area contributed by atoms with E-state index in [1.165, 1.54) is 5.56 Å². The van der Waals surface area contributed by atoms with Crippen molar-refractivity contribution < 1.29 is 19.1 Å². The predicted octanol–water partition coefficient (Wildman–Crippen LogP) is 5.41. The minimum atomic E-state index is -0.519. The van der Waals surface area contributed by atoms with E-state index >= 15 is 0 Å². The Labute approximate surface area is 171 Å². The van der Waals surface area contributed by atoms with Crippen molar-refractivity contribution in [3.63, 3.8) is 0 Å². The van der Waals surface area contributed by atoms with E-state index in [2.05, 4.69) is 5.32 Å². The molecule has 1 saturated heterocycles. The summed E-state index contributed by atoms with van der Waals surface area (Å²) in [7, 11) is 0. The third-order valence-electron chi connectivity index (χ3n) is 4.73. The minimum absolute atomic E-state index is 0.243. The van der Waals surface area contributed by atoms with Gasteiger partial charge in [-0.15, -0.1) is 0 Å². The molecule has 3 rings (SSSR count). The number of hydrogen-bond acceptors (Lipinski definition) is 4. The second-order valence-electron chi connectivity index (χ2n) is 8.19. The topological polar surface area (TPSA) is 67.9 Å². The van der Waals surface area contributed by atoms with Crippen LogP contribution in [0.25, 0.3) is 0 Å². The van der Waals surface area contributed by atoms with E-state index in [0.29, 0.717) is 30.4 Å². The van der Waals surface area contributed by atoms with Crippen molar-refractivity contribution in [2.45, 2.75) is 45.1 Å². The van der Waals surface area contributed by atoms with Crippen LogP contribution in [0.2, 0.25) is 0 Å². The van der Waals surface area contributed by atoms with E-state index in [-0.39, 0.29) is 6.09 Å². The van der Waals surface area contributed by atoms with Gasteiger partial charge in [-0.25, -0.2) is 9.59 Å². The summed E-state index contributed by atoms with van der Waals surface area (Å²) < 4.78 is 10.7. The summed E-state index contributed by atoms with van der Waals surface area (Å²) in [5.41, 5.74) is 1.41. The lowest BCUT2D eigenvalue weighted by atomic mass is 9.89. The van der Waals surface area contributed by atoms with Gasteiger partial charge in [0.15, 0.2) is 0 Å². The number of benzene rings is 2. The molecule has 1 heterocycles. The van der Waals surface area contributed by atoms with Crippen LogP contribution >= 0.6 is 0 Å². The third kappa shape index (κ3) is 6.24. The molecular formula is C23H28N2O4. The van der Waals surface area contributed by atoms with Crippen molar-refractivity contribution in [3.8, 4) is 5.75 Å². The van der Waals surface area contributed by atoms with Crippen molar-refractivity contribution in [2.75, 3.05) is 18.4 Å². The van der Waals surface area contributed by atoms with Crippen LogP contribution < -0.4 is 10.1 Å². The Bertz CT molecular complexity index is 820. The summed E-state index contributed by atoms with van der Waals surface area (Å²) in [6.07, 6.45) is 1.02. The van der Waals surface area contributed by atoms with Crippen LogP contribution in [-0.2, 0) is 4.74 Å². The molecule has 0 aromatic heterocycles. The average molecular weight is 396 g/mol. The quantitative estimate of drug-likeness (QED) is 0.753. The molecule has 2 aromatic carbocycles. The number of amides is 2. The summed E-state index contributed by atoms with van der Waals surface area (Å²) in [4.78, 5) is 25.9. The van der Waals surface area contributed by atoms with Gasteiger partial charge in [-0.2, -0.15) is 0 Å². The molecule has 2 aromatic rings. The fourth-order valence-corrected chi connectivity index (χ4v) is 3.30. The lowest BCUT2D eigenvalue weighted by Crippen LogP contribution is -2.41. The number of piperidine rings is 1. The van der Waals surface area contributed by atoms with Gasteiger partial charge in [0, 0.05) is 18.8 Å². The van der Waals surface area contributed by atoms with Crippen molar-refractivity contribution in [1.29, 1.82) is 0 Å². The van der Waals surface area contributed by atoms with Gasteiger partial charge in [0.05, 0.1) is 0 Å². The number of carbonyl (C=O) groups is 2. The van der Waals surface area contributed by atoms with E-state index in [0.717, 1.165) is 12.8 Å². The van der Waals surface area contributed by atoms with E-state index in [4.69, 9.17) is 9.47 Å². The maximum atomic E-state index is 12.2. The van der Waals surface area contributed by atoms with Gasteiger partial charge in [-0.3, -0.25) is 5.32 Å². The molecule has 0 unspecified atom stereocenters. The first-order valence-corrected chi connectivity index (χ1v) is 9.92. The number of nitrogens with zero attached hydrogens (tertiary/aromatic N) is 1. The average Bonchev–Trinajstić information content (AvgIpc) is 2.68. The summed E-state index contributed by atoms with van der Waals surface area (Å²) in [6.45, 7) is 7.00. The van der Waals surface area contributed by atoms with Gasteiger partial charge >= 0.3 is 12.2 Å².